The molecule has 2 aromatic heterocycles. The molecule has 1 unspecified atom stereocenters. The van der Waals surface area contributed by atoms with Crippen LogP contribution < -0.4 is 0 Å². The van der Waals surface area contributed by atoms with Crippen LogP contribution in [0.15, 0.2) is 61.1 Å². The fourth-order valence-corrected chi connectivity index (χ4v) is 3.40. The maximum atomic E-state index is 11.7. The van der Waals surface area contributed by atoms with Crippen LogP contribution in [-0.4, -0.2) is 38.9 Å². The summed E-state index contributed by atoms with van der Waals surface area (Å²) in [5.41, 5.74) is 3.12. The van der Waals surface area contributed by atoms with Gasteiger partial charge in [-0.2, -0.15) is 0 Å². The number of aromatic nitrogens is 3. The number of amides is 1. The molecule has 5 nitrogen and oxygen atoms in total. The number of hydrogen-bond donors (Lipinski definition) is 0. The van der Waals surface area contributed by atoms with Crippen LogP contribution in [0.5, 0.6) is 0 Å². The Balaban J connectivity index is 1.55. The van der Waals surface area contributed by atoms with E-state index in [2.05, 4.69) is 38.8 Å². The summed E-state index contributed by atoms with van der Waals surface area (Å²) in [7, 11) is 1.87. The molecule has 0 saturated carbocycles. The first-order chi connectivity index (χ1) is 12.2. The summed E-state index contributed by atoms with van der Waals surface area (Å²) >= 11 is 0. The molecule has 1 aliphatic heterocycles. The molecule has 0 N–H and O–H groups in total. The SMILES string of the molecule is CN1CC(Cn2ccnc2-c2ccc(-c3ccccn3)cc2)CC1=O. The van der Waals surface area contributed by atoms with Crippen molar-refractivity contribution in [2.24, 2.45) is 5.92 Å². The van der Waals surface area contributed by atoms with Gasteiger partial charge >= 0.3 is 0 Å². The maximum Gasteiger partial charge on any atom is 0.222 e. The highest BCUT2D eigenvalue weighted by molar-refractivity contribution is 5.78. The summed E-state index contributed by atoms with van der Waals surface area (Å²) < 4.78 is 2.15. The second kappa shape index (κ2) is 6.51. The van der Waals surface area contributed by atoms with Crippen LogP contribution in [0, 0.1) is 5.92 Å². The Morgan fingerprint density at radius 2 is 1.84 bits per heavy atom. The van der Waals surface area contributed by atoms with Gasteiger partial charge in [0, 0.05) is 62.2 Å². The van der Waals surface area contributed by atoms with E-state index in [1.807, 2.05) is 42.5 Å². The van der Waals surface area contributed by atoms with E-state index in [-0.39, 0.29) is 5.91 Å². The zero-order valence-electron chi connectivity index (χ0n) is 14.2. The Kier molecular flexibility index (Phi) is 4.06. The van der Waals surface area contributed by atoms with E-state index in [4.69, 9.17) is 0 Å². The van der Waals surface area contributed by atoms with Gasteiger partial charge in [0.05, 0.1) is 5.69 Å². The number of imidazole rings is 1. The van der Waals surface area contributed by atoms with E-state index in [9.17, 15) is 4.79 Å². The van der Waals surface area contributed by atoms with Crippen molar-refractivity contribution in [2.75, 3.05) is 13.6 Å². The highest BCUT2D eigenvalue weighted by atomic mass is 16.2. The monoisotopic (exact) mass is 332 g/mol. The van der Waals surface area contributed by atoms with Crippen molar-refractivity contribution in [3.63, 3.8) is 0 Å². The lowest BCUT2D eigenvalue weighted by Crippen LogP contribution is -2.20. The minimum atomic E-state index is 0.228. The predicted octanol–water partition coefficient (Wildman–Crippen LogP) is 3.09. The maximum absolute atomic E-state index is 11.7. The van der Waals surface area contributed by atoms with Crippen molar-refractivity contribution in [1.29, 1.82) is 0 Å². The van der Waals surface area contributed by atoms with E-state index in [0.717, 1.165) is 35.7 Å². The topological polar surface area (TPSA) is 51.0 Å². The summed E-state index contributed by atoms with van der Waals surface area (Å²) in [5, 5.41) is 0. The van der Waals surface area contributed by atoms with Gasteiger partial charge in [-0.1, -0.05) is 30.3 Å². The number of hydrogen-bond acceptors (Lipinski definition) is 3. The summed E-state index contributed by atoms with van der Waals surface area (Å²) in [6.45, 7) is 1.63. The van der Waals surface area contributed by atoms with E-state index in [1.54, 1.807) is 6.20 Å². The molecule has 0 radical (unpaired) electrons. The standard InChI is InChI=1S/C20H20N4O/c1-23-13-15(12-19(23)25)14-24-11-10-22-20(24)17-7-5-16(6-8-17)18-4-2-3-9-21-18/h2-11,15H,12-14H2,1H3. The van der Waals surface area contributed by atoms with Gasteiger partial charge in [-0.3, -0.25) is 9.78 Å². The van der Waals surface area contributed by atoms with Gasteiger partial charge in [-0.05, 0) is 12.1 Å². The highest BCUT2D eigenvalue weighted by Crippen LogP contribution is 2.25. The minimum absolute atomic E-state index is 0.228. The van der Waals surface area contributed by atoms with Crippen LogP contribution in [0.2, 0.25) is 0 Å². The number of carbonyl (C=O) groups is 1. The molecule has 25 heavy (non-hydrogen) atoms. The number of rotatable bonds is 4. The molecule has 0 spiro atoms. The number of nitrogens with zero attached hydrogens (tertiary/aromatic N) is 4. The average molecular weight is 332 g/mol. The molecule has 5 heteroatoms. The van der Waals surface area contributed by atoms with E-state index < -0.39 is 0 Å². The summed E-state index contributed by atoms with van der Waals surface area (Å²) in [4.78, 5) is 22.4. The molecule has 3 heterocycles. The van der Waals surface area contributed by atoms with Gasteiger partial charge < -0.3 is 9.47 Å². The smallest absolute Gasteiger partial charge is 0.222 e. The van der Waals surface area contributed by atoms with Crippen LogP contribution in [0.3, 0.4) is 0 Å². The lowest BCUT2D eigenvalue weighted by Gasteiger charge is -2.13. The fourth-order valence-electron chi connectivity index (χ4n) is 3.40. The fraction of sp³-hybridized carbons (Fsp3) is 0.250. The Hall–Kier alpha value is -2.95. The van der Waals surface area contributed by atoms with Gasteiger partial charge in [0.1, 0.15) is 5.82 Å². The molecular weight excluding hydrogens is 312 g/mol. The molecule has 0 aliphatic carbocycles. The molecule has 126 valence electrons. The van der Waals surface area contributed by atoms with Gasteiger partial charge in [-0.25, -0.2) is 4.98 Å². The van der Waals surface area contributed by atoms with E-state index in [0.29, 0.717) is 12.3 Å². The van der Waals surface area contributed by atoms with Crippen molar-refractivity contribution in [1.82, 2.24) is 19.4 Å². The van der Waals surface area contributed by atoms with Crippen LogP contribution >= 0.6 is 0 Å². The Morgan fingerprint density at radius 3 is 2.52 bits per heavy atom. The van der Waals surface area contributed by atoms with E-state index >= 15 is 0 Å². The quantitative estimate of drug-likeness (QED) is 0.738. The van der Waals surface area contributed by atoms with Gasteiger partial charge in [0.25, 0.3) is 0 Å². The molecule has 1 aromatic carbocycles. The third kappa shape index (κ3) is 3.18. The molecule has 1 amide bonds. The minimum Gasteiger partial charge on any atom is -0.345 e. The molecule has 1 aliphatic rings. The van der Waals surface area contributed by atoms with Crippen molar-refractivity contribution in [3.8, 4) is 22.6 Å². The van der Waals surface area contributed by atoms with Crippen molar-refractivity contribution >= 4 is 5.91 Å². The van der Waals surface area contributed by atoms with Gasteiger partial charge in [0.2, 0.25) is 5.91 Å². The number of pyridine rings is 1. The molecular formula is C20H20N4O. The Labute approximate surface area is 147 Å². The van der Waals surface area contributed by atoms with Gasteiger partial charge in [-0.15, -0.1) is 0 Å². The highest BCUT2D eigenvalue weighted by Gasteiger charge is 2.27. The summed E-state index contributed by atoms with van der Waals surface area (Å²) in [6.07, 6.45) is 6.23. The van der Waals surface area contributed by atoms with Crippen LogP contribution in [0.1, 0.15) is 6.42 Å². The molecule has 1 saturated heterocycles. The zero-order chi connectivity index (χ0) is 17.2. The first-order valence-corrected chi connectivity index (χ1v) is 8.47. The third-order valence-corrected chi connectivity index (χ3v) is 4.70. The largest absolute Gasteiger partial charge is 0.345 e. The lowest BCUT2D eigenvalue weighted by molar-refractivity contribution is -0.126. The molecule has 0 bridgehead atoms. The van der Waals surface area contributed by atoms with Crippen molar-refractivity contribution in [2.45, 2.75) is 13.0 Å². The third-order valence-electron chi connectivity index (χ3n) is 4.70. The average Bonchev–Trinajstić information content (AvgIpc) is 3.22. The van der Waals surface area contributed by atoms with Crippen molar-refractivity contribution < 1.29 is 4.79 Å². The van der Waals surface area contributed by atoms with Gasteiger partial charge in [0.15, 0.2) is 0 Å². The normalized spacial score (nSPS) is 17.2. The first-order valence-electron chi connectivity index (χ1n) is 8.47. The summed E-state index contributed by atoms with van der Waals surface area (Å²) in [6, 6.07) is 14.2. The molecule has 1 fully saturated rings. The van der Waals surface area contributed by atoms with E-state index in [1.165, 1.54) is 0 Å². The first kappa shape index (κ1) is 15.6. The molecule has 1 atom stereocenters. The predicted molar refractivity (Wildman–Crippen MR) is 96.6 cm³/mol. The Bertz CT molecular complexity index is 870. The molecule has 4 rings (SSSR count). The molecule has 3 aromatic rings. The van der Waals surface area contributed by atoms with Crippen LogP contribution in [0.25, 0.3) is 22.6 Å². The van der Waals surface area contributed by atoms with Crippen LogP contribution in [-0.2, 0) is 11.3 Å². The zero-order valence-corrected chi connectivity index (χ0v) is 14.2. The van der Waals surface area contributed by atoms with Crippen LogP contribution in [0.4, 0.5) is 0 Å². The number of benzene rings is 1. The second-order valence-electron chi connectivity index (χ2n) is 6.54. The lowest BCUT2D eigenvalue weighted by atomic mass is 10.1. The number of likely N-dealkylation sites (tertiary alicyclic amines) is 1. The van der Waals surface area contributed by atoms with Crippen molar-refractivity contribution in [3.05, 3.63) is 61.1 Å². The summed E-state index contributed by atoms with van der Waals surface area (Å²) in [5.74, 6) is 1.51. The second-order valence-corrected chi connectivity index (χ2v) is 6.54. The Morgan fingerprint density at radius 1 is 1.04 bits per heavy atom. The number of carbonyl (C=O) groups excluding carboxylic acids is 1.